The smallest absolute Gasteiger partial charge is 0.199 e. The van der Waals surface area contributed by atoms with Crippen molar-refractivity contribution in [3.63, 3.8) is 0 Å². The highest BCUT2D eigenvalue weighted by molar-refractivity contribution is 5.93. The largest absolute Gasteiger partial charge is 0.444 e. The van der Waals surface area contributed by atoms with E-state index in [0.717, 1.165) is 16.8 Å². The van der Waals surface area contributed by atoms with E-state index in [1.807, 2.05) is 54.6 Å². The summed E-state index contributed by atoms with van der Waals surface area (Å²) in [6, 6.07) is 23.8. The van der Waals surface area contributed by atoms with Gasteiger partial charge in [-0.3, -0.25) is 5.43 Å². The molecule has 0 radical (unpaired) electrons. The van der Waals surface area contributed by atoms with Crippen LogP contribution in [0.4, 0.5) is 5.69 Å². The number of ether oxygens (including phenoxy) is 1. The number of fused-ring (bicyclic) bond motifs is 1. The van der Waals surface area contributed by atoms with Crippen molar-refractivity contribution in [2.24, 2.45) is 5.10 Å². The minimum atomic E-state index is 0.760. The molecule has 3 aromatic rings. The van der Waals surface area contributed by atoms with Crippen molar-refractivity contribution in [1.82, 2.24) is 0 Å². The van der Waals surface area contributed by atoms with Gasteiger partial charge in [0.25, 0.3) is 0 Å². The predicted molar refractivity (Wildman–Crippen MR) is 83.1 cm³/mol. The standard InChI is InChI=1S/C17H14N2O/c1-2-9-15(10-3-1)20-13-18-19-17-12-6-8-14-7-4-5-11-16(14)17/h1-13,19H. The van der Waals surface area contributed by atoms with E-state index >= 15 is 0 Å². The first-order valence-corrected chi connectivity index (χ1v) is 6.40. The van der Waals surface area contributed by atoms with Crippen molar-refractivity contribution in [3.05, 3.63) is 72.8 Å². The summed E-state index contributed by atoms with van der Waals surface area (Å²) >= 11 is 0. The summed E-state index contributed by atoms with van der Waals surface area (Å²) in [6.07, 6.45) is 1.40. The van der Waals surface area contributed by atoms with Crippen LogP contribution in [0.1, 0.15) is 0 Å². The van der Waals surface area contributed by atoms with Crippen LogP contribution in [-0.4, -0.2) is 6.40 Å². The number of nitrogens with one attached hydrogen (secondary N) is 1. The van der Waals surface area contributed by atoms with Crippen LogP contribution in [-0.2, 0) is 0 Å². The Morgan fingerprint density at radius 2 is 1.55 bits per heavy atom. The van der Waals surface area contributed by atoms with Gasteiger partial charge >= 0.3 is 0 Å². The molecule has 0 spiro atoms. The summed E-state index contributed by atoms with van der Waals surface area (Å²) in [5.74, 6) is 0.760. The molecule has 0 aliphatic carbocycles. The van der Waals surface area contributed by atoms with Crippen LogP contribution >= 0.6 is 0 Å². The van der Waals surface area contributed by atoms with E-state index in [4.69, 9.17) is 4.74 Å². The molecule has 98 valence electrons. The summed E-state index contributed by atoms with van der Waals surface area (Å²) in [7, 11) is 0. The Hall–Kier alpha value is -2.81. The number of nitrogens with zero attached hydrogens (tertiary/aromatic N) is 1. The first-order chi connectivity index (χ1) is 9.93. The number of para-hydroxylation sites is 1. The summed E-state index contributed by atoms with van der Waals surface area (Å²) in [4.78, 5) is 0. The van der Waals surface area contributed by atoms with Crippen LogP contribution in [0.2, 0.25) is 0 Å². The van der Waals surface area contributed by atoms with E-state index in [1.54, 1.807) is 0 Å². The maximum Gasteiger partial charge on any atom is 0.199 e. The fourth-order valence-electron chi connectivity index (χ4n) is 2.01. The molecule has 3 rings (SSSR count). The van der Waals surface area contributed by atoms with Gasteiger partial charge in [-0.05, 0) is 23.6 Å². The summed E-state index contributed by atoms with van der Waals surface area (Å²) in [6.45, 7) is 0. The molecule has 0 fully saturated rings. The second-order valence-electron chi connectivity index (χ2n) is 4.30. The SMILES string of the molecule is C(=NNc1cccc2ccccc12)Oc1ccccc1. The average Bonchev–Trinajstić information content (AvgIpc) is 2.53. The topological polar surface area (TPSA) is 33.6 Å². The van der Waals surface area contributed by atoms with Gasteiger partial charge in [0.05, 0.1) is 5.69 Å². The van der Waals surface area contributed by atoms with E-state index in [9.17, 15) is 0 Å². The summed E-state index contributed by atoms with van der Waals surface area (Å²) in [5.41, 5.74) is 3.96. The van der Waals surface area contributed by atoms with Gasteiger partial charge in [0.2, 0.25) is 0 Å². The maximum atomic E-state index is 5.39. The Morgan fingerprint density at radius 1 is 0.800 bits per heavy atom. The van der Waals surface area contributed by atoms with Crippen LogP contribution in [0.15, 0.2) is 77.9 Å². The molecule has 0 amide bonds. The molecule has 0 aliphatic heterocycles. The molecule has 3 heteroatoms. The van der Waals surface area contributed by atoms with Gasteiger partial charge in [-0.1, -0.05) is 54.6 Å². The Balaban J connectivity index is 1.71. The Morgan fingerprint density at radius 3 is 2.45 bits per heavy atom. The van der Waals surface area contributed by atoms with Gasteiger partial charge in [-0.15, -0.1) is 5.10 Å². The highest BCUT2D eigenvalue weighted by Crippen LogP contribution is 2.22. The van der Waals surface area contributed by atoms with Crippen LogP contribution in [0.25, 0.3) is 10.8 Å². The molecule has 0 aromatic heterocycles. The van der Waals surface area contributed by atoms with Crippen molar-refractivity contribution in [2.45, 2.75) is 0 Å². The number of anilines is 1. The number of hydrogen-bond donors (Lipinski definition) is 1. The van der Waals surface area contributed by atoms with E-state index < -0.39 is 0 Å². The molecule has 0 atom stereocenters. The normalized spacial score (nSPS) is 10.8. The summed E-state index contributed by atoms with van der Waals surface area (Å²) in [5, 5.41) is 6.40. The van der Waals surface area contributed by atoms with Crippen molar-refractivity contribution < 1.29 is 4.74 Å². The lowest BCUT2D eigenvalue weighted by Gasteiger charge is -2.05. The number of hydrazone groups is 1. The molecule has 0 aliphatic rings. The van der Waals surface area contributed by atoms with Crippen molar-refractivity contribution in [2.75, 3.05) is 5.43 Å². The highest BCUT2D eigenvalue weighted by atomic mass is 16.5. The minimum Gasteiger partial charge on any atom is -0.444 e. The average molecular weight is 262 g/mol. The number of hydrogen-bond acceptors (Lipinski definition) is 3. The Labute approximate surface area is 117 Å². The quantitative estimate of drug-likeness (QED) is 0.432. The molecule has 3 aromatic carbocycles. The third-order valence-electron chi connectivity index (χ3n) is 2.96. The molecule has 0 unspecified atom stereocenters. The lowest BCUT2D eigenvalue weighted by atomic mass is 10.1. The predicted octanol–water partition coefficient (Wildman–Crippen LogP) is 4.27. The molecular weight excluding hydrogens is 248 g/mol. The molecule has 0 saturated heterocycles. The van der Waals surface area contributed by atoms with Gasteiger partial charge in [-0.2, -0.15) is 0 Å². The van der Waals surface area contributed by atoms with Gasteiger partial charge in [0.15, 0.2) is 6.40 Å². The minimum absolute atomic E-state index is 0.760. The maximum absolute atomic E-state index is 5.39. The van der Waals surface area contributed by atoms with Gasteiger partial charge in [0, 0.05) is 5.39 Å². The van der Waals surface area contributed by atoms with E-state index in [0.29, 0.717) is 0 Å². The zero-order chi connectivity index (χ0) is 13.6. The van der Waals surface area contributed by atoms with E-state index in [1.165, 1.54) is 11.8 Å². The lowest BCUT2D eigenvalue weighted by Crippen LogP contribution is -1.95. The Kier molecular flexibility index (Phi) is 3.60. The van der Waals surface area contributed by atoms with Crippen molar-refractivity contribution >= 4 is 22.9 Å². The molecule has 1 N–H and O–H groups in total. The first kappa shape index (κ1) is 12.2. The van der Waals surface area contributed by atoms with E-state index in [-0.39, 0.29) is 0 Å². The van der Waals surface area contributed by atoms with Crippen LogP contribution in [0, 0.1) is 0 Å². The second-order valence-corrected chi connectivity index (χ2v) is 4.30. The van der Waals surface area contributed by atoms with Crippen LogP contribution in [0.3, 0.4) is 0 Å². The van der Waals surface area contributed by atoms with Crippen molar-refractivity contribution in [1.29, 1.82) is 0 Å². The molecule has 3 nitrogen and oxygen atoms in total. The molecule has 0 saturated carbocycles. The number of rotatable bonds is 4. The molecule has 20 heavy (non-hydrogen) atoms. The van der Waals surface area contributed by atoms with Crippen molar-refractivity contribution in [3.8, 4) is 5.75 Å². The zero-order valence-electron chi connectivity index (χ0n) is 10.9. The molecule has 0 heterocycles. The van der Waals surface area contributed by atoms with Gasteiger partial charge in [0.1, 0.15) is 5.75 Å². The molecular formula is C17H14N2O. The summed E-state index contributed by atoms with van der Waals surface area (Å²) < 4.78 is 5.39. The third kappa shape index (κ3) is 2.78. The fraction of sp³-hybridized carbons (Fsp3) is 0. The first-order valence-electron chi connectivity index (χ1n) is 6.40. The number of benzene rings is 3. The third-order valence-corrected chi connectivity index (χ3v) is 2.96. The lowest BCUT2D eigenvalue weighted by molar-refractivity contribution is 0.573. The highest BCUT2D eigenvalue weighted by Gasteiger charge is 1.97. The molecule has 0 bridgehead atoms. The monoisotopic (exact) mass is 262 g/mol. The van der Waals surface area contributed by atoms with Crippen LogP contribution < -0.4 is 10.2 Å². The van der Waals surface area contributed by atoms with E-state index in [2.05, 4.69) is 28.7 Å². The fourth-order valence-corrected chi connectivity index (χ4v) is 2.01. The van der Waals surface area contributed by atoms with Crippen LogP contribution in [0.5, 0.6) is 5.75 Å². The van der Waals surface area contributed by atoms with Gasteiger partial charge in [-0.25, -0.2) is 0 Å². The Bertz CT molecular complexity index is 718. The zero-order valence-corrected chi connectivity index (χ0v) is 10.9. The second kappa shape index (κ2) is 5.89. The van der Waals surface area contributed by atoms with Gasteiger partial charge < -0.3 is 4.74 Å².